The molecule has 0 aliphatic carbocycles. The van der Waals surface area contributed by atoms with Crippen molar-refractivity contribution in [2.24, 2.45) is 0 Å². The van der Waals surface area contributed by atoms with E-state index in [9.17, 15) is 0 Å². The van der Waals surface area contributed by atoms with Gasteiger partial charge in [-0.1, -0.05) is 13.8 Å². The van der Waals surface area contributed by atoms with Crippen molar-refractivity contribution in [1.29, 1.82) is 0 Å². The number of hydrogen-bond donors (Lipinski definition) is 1. The van der Waals surface area contributed by atoms with Crippen molar-refractivity contribution in [1.82, 2.24) is 5.32 Å². The van der Waals surface area contributed by atoms with Gasteiger partial charge in [0.2, 0.25) is 0 Å². The summed E-state index contributed by atoms with van der Waals surface area (Å²) < 4.78 is 11.3. The van der Waals surface area contributed by atoms with E-state index in [-0.39, 0.29) is 0 Å². The lowest BCUT2D eigenvalue weighted by Crippen LogP contribution is -2.30. The van der Waals surface area contributed by atoms with Crippen molar-refractivity contribution >= 4 is 11.8 Å². The summed E-state index contributed by atoms with van der Waals surface area (Å²) >= 11 is 1.92. The van der Waals surface area contributed by atoms with E-state index in [1.165, 1.54) is 16.9 Å². The van der Waals surface area contributed by atoms with Crippen LogP contribution in [0.2, 0.25) is 0 Å². The molecule has 1 N–H and O–H groups in total. The van der Waals surface area contributed by atoms with Gasteiger partial charge in [0.05, 0.1) is 0 Å². The van der Waals surface area contributed by atoms with Crippen molar-refractivity contribution in [3.8, 4) is 11.5 Å². The molecule has 1 aromatic carbocycles. The number of ether oxygens (including phenoxy) is 2. The predicted molar refractivity (Wildman–Crippen MR) is 73.8 cm³/mol. The smallest absolute Gasteiger partial charge is 0.162 e. The minimum atomic E-state index is 0.442. The first kappa shape index (κ1) is 12.2. The third-order valence-electron chi connectivity index (χ3n) is 3.25. The third-order valence-corrected chi connectivity index (χ3v) is 4.35. The van der Waals surface area contributed by atoms with Crippen LogP contribution in [0.3, 0.4) is 0 Å². The lowest BCUT2D eigenvalue weighted by Gasteiger charge is -2.30. The molecule has 2 aliphatic rings. The summed E-state index contributed by atoms with van der Waals surface area (Å²) in [4.78, 5) is 1.34. The Kier molecular flexibility index (Phi) is 3.39. The third kappa shape index (κ3) is 2.31. The molecule has 0 saturated carbocycles. The quantitative estimate of drug-likeness (QED) is 0.890. The molecule has 1 unspecified atom stereocenters. The van der Waals surface area contributed by atoms with E-state index < -0.39 is 0 Å². The lowest BCUT2D eigenvalue weighted by molar-refractivity contribution is 0.170. The van der Waals surface area contributed by atoms with Crippen LogP contribution < -0.4 is 14.8 Å². The molecule has 3 rings (SSSR count). The van der Waals surface area contributed by atoms with E-state index in [1.54, 1.807) is 0 Å². The molecule has 4 heteroatoms. The standard InChI is InChI=1S/C14H19NO2S/c1-9(2)15-11-3-6-18-14-8-13-12(7-10(11)14)16-4-5-17-13/h7-9,11,15H,3-6H2,1-2H3. The van der Waals surface area contributed by atoms with E-state index in [2.05, 4.69) is 31.3 Å². The van der Waals surface area contributed by atoms with E-state index >= 15 is 0 Å². The lowest BCUT2D eigenvalue weighted by atomic mass is 10.0. The van der Waals surface area contributed by atoms with Gasteiger partial charge in [-0.05, 0) is 29.9 Å². The number of rotatable bonds is 2. The topological polar surface area (TPSA) is 30.5 Å². The van der Waals surface area contributed by atoms with Crippen molar-refractivity contribution in [3.05, 3.63) is 17.7 Å². The average Bonchev–Trinajstić information content (AvgIpc) is 2.36. The number of benzene rings is 1. The predicted octanol–water partition coefficient (Wildman–Crippen LogP) is 2.99. The maximum Gasteiger partial charge on any atom is 0.162 e. The maximum absolute atomic E-state index is 5.68. The summed E-state index contributed by atoms with van der Waals surface area (Å²) in [5, 5.41) is 3.63. The van der Waals surface area contributed by atoms with Gasteiger partial charge in [-0.25, -0.2) is 0 Å². The monoisotopic (exact) mass is 265 g/mol. The normalized spacial score (nSPS) is 21.8. The van der Waals surface area contributed by atoms with Crippen molar-refractivity contribution in [2.75, 3.05) is 19.0 Å². The Morgan fingerprint density at radius 1 is 1.22 bits per heavy atom. The molecular formula is C14H19NO2S. The molecule has 2 heterocycles. The van der Waals surface area contributed by atoms with Gasteiger partial charge in [-0.2, -0.15) is 0 Å². The highest BCUT2D eigenvalue weighted by Gasteiger charge is 2.25. The number of nitrogens with one attached hydrogen (secondary N) is 1. The van der Waals surface area contributed by atoms with E-state index in [0.29, 0.717) is 25.3 Å². The SMILES string of the molecule is CC(C)NC1CCSc2cc3c(cc21)OCCO3. The van der Waals surface area contributed by atoms with Gasteiger partial charge >= 0.3 is 0 Å². The fourth-order valence-corrected chi connectivity index (χ4v) is 3.63. The Balaban J connectivity index is 1.95. The molecule has 18 heavy (non-hydrogen) atoms. The maximum atomic E-state index is 5.68. The van der Waals surface area contributed by atoms with Crippen LogP contribution in [0.4, 0.5) is 0 Å². The molecule has 0 aromatic heterocycles. The molecule has 0 fully saturated rings. The van der Waals surface area contributed by atoms with Crippen molar-refractivity contribution in [3.63, 3.8) is 0 Å². The molecule has 0 amide bonds. The van der Waals surface area contributed by atoms with Crippen LogP contribution in [-0.4, -0.2) is 25.0 Å². The fourth-order valence-electron chi connectivity index (χ4n) is 2.50. The average molecular weight is 265 g/mol. The van der Waals surface area contributed by atoms with Gasteiger partial charge in [-0.3, -0.25) is 0 Å². The van der Waals surface area contributed by atoms with Gasteiger partial charge < -0.3 is 14.8 Å². The zero-order valence-corrected chi connectivity index (χ0v) is 11.7. The summed E-state index contributed by atoms with van der Waals surface area (Å²) in [6, 6.07) is 5.25. The second-order valence-corrected chi connectivity index (χ2v) is 6.18. The van der Waals surface area contributed by atoms with E-state index in [4.69, 9.17) is 9.47 Å². The molecule has 0 saturated heterocycles. The Morgan fingerprint density at radius 3 is 2.67 bits per heavy atom. The van der Waals surface area contributed by atoms with Crippen LogP contribution in [0.15, 0.2) is 17.0 Å². The number of hydrogen-bond acceptors (Lipinski definition) is 4. The minimum Gasteiger partial charge on any atom is -0.486 e. The summed E-state index contributed by atoms with van der Waals surface area (Å²) in [5.41, 5.74) is 1.37. The summed E-state index contributed by atoms with van der Waals surface area (Å²) in [6.45, 7) is 5.70. The molecule has 0 bridgehead atoms. The first-order valence-corrected chi connectivity index (χ1v) is 7.55. The van der Waals surface area contributed by atoms with Crippen LogP contribution in [-0.2, 0) is 0 Å². The largest absolute Gasteiger partial charge is 0.486 e. The molecule has 0 radical (unpaired) electrons. The van der Waals surface area contributed by atoms with E-state index in [1.807, 2.05) is 11.8 Å². The molecule has 1 atom stereocenters. The zero-order chi connectivity index (χ0) is 12.5. The summed E-state index contributed by atoms with van der Waals surface area (Å²) in [7, 11) is 0. The minimum absolute atomic E-state index is 0.442. The van der Waals surface area contributed by atoms with Crippen LogP contribution in [0.1, 0.15) is 31.9 Å². The van der Waals surface area contributed by atoms with Crippen LogP contribution in [0.5, 0.6) is 11.5 Å². The molecular weight excluding hydrogens is 246 g/mol. The highest BCUT2D eigenvalue weighted by molar-refractivity contribution is 7.99. The van der Waals surface area contributed by atoms with Gasteiger partial charge in [0.1, 0.15) is 13.2 Å². The number of fused-ring (bicyclic) bond motifs is 2. The molecule has 98 valence electrons. The Labute approximate surface area is 112 Å². The van der Waals surface area contributed by atoms with E-state index in [0.717, 1.165) is 17.3 Å². The highest BCUT2D eigenvalue weighted by Crippen LogP contribution is 2.43. The van der Waals surface area contributed by atoms with Crippen LogP contribution in [0, 0.1) is 0 Å². The Morgan fingerprint density at radius 2 is 1.94 bits per heavy atom. The molecule has 2 aliphatic heterocycles. The summed E-state index contributed by atoms with van der Waals surface area (Å²) in [6.07, 6.45) is 1.18. The van der Waals surface area contributed by atoms with Crippen LogP contribution >= 0.6 is 11.8 Å². The van der Waals surface area contributed by atoms with Gasteiger partial charge in [0.15, 0.2) is 11.5 Å². The Bertz CT molecular complexity index is 448. The Hall–Kier alpha value is -0.870. The molecule has 1 aromatic rings. The van der Waals surface area contributed by atoms with Gasteiger partial charge in [0.25, 0.3) is 0 Å². The zero-order valence-electron chi connectivity index (χ0n) is 10.9. The van der Waals surface area contributed by atoms with Gasteiger partial charge in [0, 0.05) is 17.0 Å². The number of thioether (sulfide) groups is 1. The van der Waals surface area contributed by atoms with Crippen LogP contribution in [0.25, 0.3) is 0 Å². The molecule has 3 nitrogen and oxygen atoms in total. The highest BCUT2D eigenvalue weighted by atomic mass is 32.2. The second kappa shape index (κ2) is 5.02. The van der Waals surface area contributed by atoms with Crippen molar-refractivity contribution < 1.29 is 9.47 Å². The second-order valence-electron chi connectivity index (χ2n) is 5.04. The van der Waals surface area contributed by atoms with Gasteiger partial charge in [-0.15, -0.1) is 11.8 Å². The summed E-state index contributed by atoms with van der Waals surface area (Å²) in [5.74, 6) is 2.97. The fraction of sp³-hybridized carbons (Fsp3) is 0.571. The first-order chi connectivity index (χ1) is 8.74. The molecule has 0 spiro atoms. The first-order valence-electron chi connectivity index (χ1n) is 6.56. The van der Waals surface area contributed by atoms with Crippen molar-refractivity contribution in [2.45, 2.75) is 37.2 Å².